The number of anilines is 1. The number of nitrogens with one attached hydrogen (secondary N) is 1. The maximum Gasteiger partial charge on any atom is 0.255 e. The van der Waals surface area contributed by atoms with Crippen LogP contribution in [0.3, 0.4) is 0 Å². The van der Waals surface area contributed by atoms with Crippen molar-refractivity contribution >= 4 is 23.2 Å². The highest BCUT2D eigenvalue weighted by Gasteiger charge is 2.24. The van der Waals surface area contributed by atoms with E-state index in [1.165, 1.54) is 6.33 Å². The first-order chi connectivity index (χ1) is 8.50. The van der Waals surface area contributed by atoms with E-state index in [0.29, 0.717) is 16.7 Å². The lowest BCUT2D eigenvalue weighted by atomic mass is 10.00. The molecule has 0 fully saturated rings. The Morgan fingerprint density at radius 1 is 1.56 bits per heavy atom. The molecule has 0 saturated heterocycles. The van der Waals surface area contributed by atoms with E-state index in [9.17, 15) is 5.11 Å². The van der Waals surface area contributed by atoms with Gasteiger partial charge in [0.25, 0.3) is 5.78 Å². The predicted molar refractivity (Wildman–Crippen MR) is 69.9 cm³/mol. The van der Waals surface area contributed by atoms with Gasteiger partial charge in [0.2, 0.25) is 0 Å². The molecule has 2 rings (SSSR count). The van der Waals surface area contributed by atoms with Crippen LogP contribution >= 0.6 is 11.6 Å². The molecule has 0 spiro atoms. The zero-order valence-corrected chi connectivity index (χ0v) is 11.4. The van der Waals surface area contributed by atoms with Crippen molar-refractivity contribution in [1.82, 2.24) is 19.6 Å². The summed E-state index contributed by atoms with van der Waals surface area (Å²) in [6, 6.07) is 0. The number of hydrogen-bond acceptors (Lipinski definition) is 5. The molecule has 98 valence electrons. The fraction of sp³-hybridized carbons (Fsp3) is 0.545. The van der Waals surface area contributed by atoms with Crippen molar-refractivity contribution < 1.29 is 5.11 Å². The third-order valence-corrected chi connectivity index (χ3v) is 3.52. The second kappa shape index (κ2) is 4.70. The van der Waals surface area contributed by atoms with Gasteiger partial charge < -0.3 is 10.4 Å². The Morgan fingerprint density at radius 2 is 2.28 bits per heavy atom. The van der Waals surface area contributed by atoms with Gasteiger partial charge in [-0.2, -0.15) is 19.6 Å². The van der Waals surface area contributed by atoms with Crippen molar-refractivity contribution in [2.24, 2.45) is 0 Å². The number of halogens is 1. The van der Waals surface area contributed by atoms with E-state index in [1.807, 2.05) is 20.8 Å². The van der Waals surface area contributed by atoms with Crippen LogP contribution in [0.25, 0.3) is 5.78 Å². The molecule has 2 N–H and O–H groups in total. The zero-order chi connectivity index (χ0) is 13.3. The van der Waals surface area contributed by atoms with Gasteiger partial charge >= 0.3 is 0 Å². The lowest BCUT2D eigenvalue weighted by Gasteiger charge is -2.29. The van der Waals surface area contributed by atoms with Crippen LogP contribution < -0.4 is 5.32 Å². The molecule has 1 atom stereocenters. The molecule has 7 heteroatoms. The molecule has 0 bridgehead atoms. The van der Waals surface area contributed by atoms with E-state index in [1.54, 1.807) is 4.52 Å². The molecule has 0 aliphatic carbocycles. The summed E-state index contributed by atoms with van der Waals surface area (Å²) in [5, 5.41) is 17.2. The number of hydrogen-bond donors (Lipinski definition) is 2. The highest BCUT2D eigenvalue weighted by atomic mass is 35.5. The summed E-state index contributed by atoms with van der Waals surface area (Å²) in [5.41, 5.74) is 0.344. The highest BCUT2D eigenvalue weighted by Crippen LogP contribution is 2.25. The van der Waals surface area contributed by atoms with Gasteiger partial charge in [0.05, 0.1) is 12.1 Å². The Labute approximate surface area is 110 Å². The van der Waals surface area contributed by atoms with E-state index in [4.69, 9.17) is 11.6 Å². The minimum Gasteiger partial charge on any atom is -0.394 e. The van der Waals surface area contributed by atoms with Gasteiger partial charge in [-0.15, -0.1) is 0 Å². The van der Waals surface area contributed by atoms with Crippen LogP contribution in [0.5, 0.6) is 0 Å². The van der Waals surface area contributed by atoms with Gasteiger partial charge in [0.15, 0.2) is 0 Å². The van der Waals surface area contributed by atoms with Gasteiger partial charge in [-0.25, -0.2) is 0 Å². The Hall–Kier alpha value is -1.40. The smallest absolute Gasteiger partial charge is 0.255 e. The molecule has 0 amide bonds. The summed E-state index contributed by atoms with van der Waals surface area (Å²) in [7, 11) is 0. The Balaban J connectivity index is 2.55. The van der Waals surface area contributed by atoms with Crippen LogP contribution in [0.2, 0.25) is 5.15 Å². The summed E-state index contributed by atoms with van der Waals surface area (Å²) in [5.74, 6) is 1.14. The monoisotopic (exact) mass is 269 g/mol. The van der Waals surface area contributed by atoms with Crippen molar-refractivity contribution in [3.63, 3.8) is 0 Å². The van der Waals surface area contributed by atoms with Crippen LogP contribution in [-0.4, -0.2) is 36.8 Å². The molecule has 0 saturated carbocycles. The molecule has 1 unspecified atom stereocenters. The Morgan fingerprint density at radius 3 is 2.89 bits per heavy atom. The van der Waals surface area contributed by atoms with E-state index in [2.05, 4.69) is 20.4 Å². The number of fused-ring (bicyclic) bond motifs is 1. The van der Waals surface area contributed by atoms with Crippen molar-refractivity contribution in [2.75, 3.05) is 11.9 Å². The Kier molecular flexibility index (Phi) is 3.41. The van der Waals surface area contributed by atoms with Crippen molar-refractivity contribution in [3.8, 4) is 0 Å². The van der Waals surface area contributed by atoms with Crippen LogP contribution in [-0.2, 0) is 0 Å². The van der Waals surface area contributed by atoms with Gasteiger partial charge in [-0.3, -0.25) is 0 Å². The van der Waals surface area contributed by atoms with E-state index < -0.39 is 5.54 Å². The normalized spacial score (nSPS) is 14.7. The molecule has 18 heavy (non-hydrogen) atoms. The first-order valence-corrected chi connectivity index (χ1v) is 6.13. The second-order valence-electron chi connectivity index (χ2n) is 4.55. The fourth-order valence-corrected chi connectivity index (χ4v) is 1.73. The summed E-state index contributed by atoms with van der Waals surface area (Å²) >= 11 is 6.07. The minimum absolute atomic E-state index is 0.0130. The molecule has 0 aliphatic heterocycles. The van der Waals surface area contributed by atoms with Crippen molar-refractivity contribution in [3.05, 3.63) is 17.0 Å². The van der Waals surface area contributed by atoms with Crippen molar-refractivity contribution in [1.29, 1.82) is 0 Å². The van der Waals surface area contributed by atoms with Gasteiger partial charge in [0, 0.05) is 5.56 Å². The quantitative estimate of drug-likeness (QED) is 0.826. The topological polar surface area (TPSA) is 75.3 Å². The number of nitrogens with zero attached hydrogens (tertiary/aromatic N) is 4. The first-order valence-electron chi connectivity index (χ1n) is 5.75. The molecule has 2 aromatic rings. The van der Waals surface area contributed by atoms with Gasteiger partial charge in [0.1, 0.15) is 17.3 Å². The average molecular weight is 270 g/mol. The second-order valence-corrected chi connectivity index (χ2v) is 4.90. The molecule has 0 aromatic carbocycles. The third-order valence-electron chi connectivity index (χ3n) is 3.15. The standard InChI is InChI=1S/C11H16ClN5O/c1-4-11(3,5-18)16-9-7(2)8(12)15-10-13-6-14-17(9)10/h6,16,18H,4-5H2,1-3H3. The lowest BCUT2D eigenvalue weighted by molar-refractivity contribution is 0.218. The summed E-state index contributed by atoms with van der Waals surface area (Å²) in [4.78, 5) is 8.15. The summed E-state index contributed by atoms with van der Waals surface area (Å²) < 4.78 is 1.59. The number of aliphatic hydroxyl groups excluding tert-OH is 1. The number of rotatable bonds is 4. The van der Waals surface area contributed by atoms with E-state index in [-0.39, 0.29) is 6.61 Å². The molecule has 0 aliphatic rings. The molecule has 0 radical (unpaired) electrons. The average Bonchev–Trinajstić information content (AvgIpc) is 2.82. The zero-order valence-electron chi connectivity index (χ0n) is 10.6. The highest BCUT2D eigenvalue weighted by molar-refractivity contribution is 6.30. The SMILES string of the molecule is CCC(C)(CO)Nc1c(C)c(Cl)nc2ncnn12. The van der Waals surface area contributed by atoms with Gasteiger partial charge in [-0.1, -0.05) is 18.5 Å². The van der Waals surface area contributed by atoms with Crippen LogP contribution in [0.4, 0.5) is 5.82 Å². The van der Waals surface area contributed by atoms with Crippen LogP contribution in [0, 0.1) is 6.92 Å². The molecule has 2 aromatic heterocycles. The minimum atomic E-state index is -0.436. The Bertz CT molecular complexity index is 564. The van der Waals surface area contributed by atoms with E-state index in [0.717, 1.165) is 12.0 Å². The number of aromatic nitrogens is 4. The predicted octanol–water partition coefficient (Wildman–Crippen LogP) is 1.66. The lowest BCUT2D eigenvalue weighted by Crippen LogP contribution is -2.39. The third kappa shape index (κ3) is 2.13. The van der Waals surface area contributed by atoms with E-state index >= 15 is 0 Å². The molecular formula is C11H16ClN5O. The van der Waals surface area contributed by atoms with Gasteiger partial charge in [-0.05, 0) is 20.3 Å². The largest absolute Gasteiger partial charge is 0.394 e. The van der Waals surface area contributed by atoms with Crippen molar-refractivity contribution in [2.45, 2.75) is 32.7 Å². The van der Waals surface area contributed by atoms with Crippen LogP contribution in [0.1, 0.15) is 25.8 Å². The fourth-order valence-electron chi connectivity index (χ4n) is 1.57. The van der Waals surface area contributed by atoms with Crippen LogP contribution in [0.15, 0.2) is 6.33 Å². The maximum absolute atomic E-state index is 9.47. The molecule has 2 heterocycles. The molecular weight excluding hydrogens is 254 g/mol. The number of aliphatic hydroxyl groups is 1. The molecule has 6 nitrogen and oxygen atoms in total. The first kappa shape index (κ1) is 13.0. The summed E-state index contributed by atoms with van der Waals surface area (Å²) in [6.07, 6.45) is 2.19. The maximum atomic E-state index is 9.47. The summed E-state index contributed by atoms with van der Waals surface area (Å²) in [6.45, 7) is 5.80.